The van der Waals surface area contributed by atoms with Gasteiger partial charge in [-0.05, 0) is 12.5 Å². The van der Waals surface area contributed by atoms with E-state index in [4.69, 9.17) is 9.47 Å². The minimum absolute atomic E-state index is 0.0746. The molecule has 4 heteroatoms. The first kappa shape index (κ1) is 12.7. The zero-order valence-corrected chi connectivity index (χ0v) is 9.51. The van der Waals surface area contributed by atoms with E-state index >= 15 is 0 Å². The summed E-state index contributed by atoms with van der Waals surface area (Å²) in [4.78, 5) is 11.0. The van der Waals surface area contributed by atoms with Crippen molar-refractivity contribution in [3.63, 3.8) is 0 Å². The van der Waals surface area contributed by atoms with Gasteiger partial charge in [0.1, 0.15) is 6.79 Å². The van der Waals surface area contributed by atoms with Crippen LogP contribution >= 0.6 is 0 Å². The van der Waals surface area contributed by atoms with Gasteiger partial charge in [0.05, 0.1) is 13.7 Å². The fraction of sp³-hybridized carbons (Fsp3) is 0.417. The van der Waals surface area contributed by atoms with Crippen molar-refractivity contribution in [2.24, 2.45) is 0 Å². The summed E-state index contributed by atoms with van der Waals surface area (Å²) in [6, 6.07) is 9.75. The topological polar surface area (TPSA) is 44.8 Å². The van der Waals surface area contributed by atoms with E-state index in [1.807, 2.05) is 30.3 Å². The van der Waals surface area contributed by atoms with Crippen LogP contribution in [0.2, 0.25) is 0 Å². The van der Waals surface area contributed by atoms with Crippen LogP contribution in [0.1, 0.15) is 12.5 Å². The molecule has 0 saturated heterocycles. The van der Waals surface area contributed by atoms with E-state index in [0.717, 1.165) is 5.56 Å². The van der Waals surface area contributed by atoms with Crippen LogP contribution in [0.5, 0.6) is 0 Å². The van der Waals surface area contributed by atoms with E-state index < -0.39 is 12.1 Å². The SMILES string of the molecule is COC(=O)[C@H](C)OCOCc1ccccc1. The Hall–Kier alpha value is -1.39. The van der Waals surface area contributed by atoms with Gasteiger partial charge in [0, 0.05) is 0 Å². The molecule has 0 aliphatic carbocycles. The van der Waals surface area contributed by atoms with Gasteiger partial charge < -0.3 is 14.2 Å². The van der Waals surface area contributed by atoms with Crippen LogP contribution in [0.3, 0.4) is 0 Å². The maximum Gasteiger partial charge on any atom is 0.334 e. The lowest BCUT2D eigenvalue weighted by atomic mass is 10.2. The Morgan fingerprint density at radius 1 is 1.31 bits per heavy atom. The van der Waals surface area contributed by atoms with Crippen molar-refractivity contribution in [2.45, 2.75) is 19.6 Å². The van der Waals surface area contributed by atoms with Crippen molar-refractivity contribution < 1.29 is 19.0 Å². The summed E-state index contributed by atoms with van der Waals surface area (Å²) >= 11 is 0. The van der Waals surface area contributed by atoms with Crippen LogP contribution in [-0.4, -0.2) is 26.0 Å². The fourth-order valence-electron chi connectivity index (χ4n) is 1.12. The van der Waals surface area contributed by atoms with Crippen LogP contribution in [0.4, 0.5) is 0 Å². The number of methoxy groups -OCH3 is 1. The number of benzene rings is 1. The molecule has 1 atom stereocenters. The van der Waals surface area contributed by atoms with Gasteiger partial charge in [0.2, 0.25) is 0 Å². The predicted octanol–water partition coefficient (Wildman–Crippen LogP) is 1.74. The maximum atomic E-state index is 11.0. The normalized spacial score (nSPS) is 12.1. The molecule has 1 aromatic rings. The summed E-state index contributed by atoms with van der Waals surface area (Å²) in [5.74, 6) is -0.400. The van der Waals surface area contributed by atoms with Crippen LogP contribution in [0.25, 0.3) is 0 Å². The van der Waals surface area contributed by atoms with Crippen molar-refractivity contribution in [2.75, 3.05) is 13.9 Å². The average molecular weight is 224 g/mol. The van der Waals surface area contributed by atoms with Gasteiger partial charge in [-0.25, -0.2) is 4.79 Å². The number of hydrogen-bond acceptors (Lipinski definition) is 4. The van der Waals surface area contributed by atoms with Crippen LogP contribution in [-0.2, 0) is 25.6 Å². The Bertz CT molecular complexity index is 310. The highest BCUT2D eigenvalue weighted by molar-refractivity contribution is 5.73. The third kappa shape index (κ3) is 4.42. The van der Waals surface area contributed by atoms with Crippen molar-refractivity contribution in [3.8, 4) is 0 Å². The molecule has 88 valence electrons. The Balaban J connectivity index is 2.15. The van der Waals surface area contributed by atoms with E-state index in [0.29, 0.717) is 6.61 Å². The second-order valence-electron chi connectivity index (χ2n) is 3.28. The molecular formula is C12H16O4. The van der Waals surface area contributed by atoms with Gasteiger partial charge in [-0.1, -0.05) is 30.3 Å². The molecular weight excluding hydrogens is 208 g/mol. The second kappa shape index (κ2) is 6.98. The molecule has 0 aliphatic rings. The van der Waals surface area contributed by atoms with E-state index in [-0.39, 0.29) is 6.79 Å². The lowest BCUT2D eigenvalue weighted by Gasteiger charge is -2.10. The smallest absolute Gasteiger partial charge is 0.334 e. The molecule has 4 nitrogen and oxygen atoms in total. The van der Waals surface area contributed by atoms with E-state index in [9.17, 15) is 4.79 Å². The fourth-order valence-corrected chi connectivity index (χ4v) is 1.12. The molecule has 0 aromatic heterocycles. The molecule has 0 amide bonds. The molecule has 1 rings (SSSR count). The third-order valence-electron chi connectivity index (χ3n) is 2.05. The van der Waals surface area contributed by atoms with Gasteiger partial charge in [-0.3, -0.25) is 0 Å². The van der Waals surface area contributed by atoms with Gasteiger partial charge in [-0.15, -0.1) is 0 Å². The summed E-state index contributed by atoms with van der Waals surface area (Å²) in [5.41, 5.74) is 1.07. The van der Waals surface area contributed by atoms with Crippen molar-refractivity contribution in [1.29, 1.82) is 0 Å². The molecule has 1 aromatic carbocycles. The highest BCUT2D eigenvalue weighted by Crippen LogP contribution is 2.01. The van der Waals surface area contributed by atoms with E-state index in [1.165, 1.54) is 7.11 Å². The summed E-state index contributed by atoms with van der Waals surface area (Å²) in [6.07, 6.45) is -0.597. The first-order valence-electron chi connectivity index (χ1n) is 5.05. The quantitative estimate of drug-likeness (QED) is 0.419. The van der Waals surface area contributed by atoms with Gasteiger partial charge in [-0.2, -0.15) is 0 Å². The maximum absolute atomic E-state index is 11.0. The zero-order valence-electron chi connectivity index (χ0n) is 9.51. The average Bonchev–Trinajstić information content (AvgIpc) is 2.34. The standard InChI is InChI=1S/C12H16O4/c1-10(12(13)14-2)16-9-15-8-11-6-4-3-5-7-11/h3-7,10H,8-9H2,1-2H3/t10-/m0/s1. The largest absolute Gasteiger partial charge is 0.467 e. The molecule has 0 heterocycles. The molecule has 0 spiro atoms. The number of carbonyl (C=O) groups is 1. The van der Waals surface area contributed by atoms with Gasteiger partial charge in [0.25, 0.3) is 0 Å². The molecule has 0 bridgehead atoms. The Kier molecular flexibility index (Phi) is 5.53. The number of rotatable bonds is 6. The summed E-state index contributed by atoms with van der Waals surface area (Å²) < 4.78 is 14.9. The minimum Gasteiger partial charge on any atom is -0.467 e. The monoisotopic (exact) mass is 224 g/mol. The predicted molar refractivity (Wildman–Crippen MR) is 58.7 cm³/mol. The van der Waals surface area contributed by atoms with Gasteiger partial charge in [0.15, 0.2) is 6.10 Å². The number of ether oxygens (including phenoxy) is 3. The number of esters is 1. The second-order valence-corrected chi connectivity index (χ2v) is 3.28. The van der Waals surface area contributed by atoms with Crippen LogP contribution < -0.4 is 0 Å². The summed E-state index contributed by atoms with van der Waals surface area (Å²) in [5, 5.41) is 0. The molecule has 0 radical (unpaired) electrons. The van der Waals surface area contributed by atoms with Crippen molar-refractivity contribution in [1.82, 2.24) is 0 Å². The Morgan fingerprint density at radius 3 is 2.62 bits per heavy atom. The van der Waals surface area contributed by atoms with E-state index in [2.05, 4.69) is 4.74 Å². The lowest BCUT2D eigenvalue weighted by Crippen LogP contribution is -2.23. The first-order valence-corrected chi connectivity index (χ1v) is 5.05. The number of carbonyl (C=O) groups excluding carboxylic acids is 1. The van der Waals surface area contributed by atoms with Gasteiger partial charge >= 0.3 is 5.97 Å². The highest BCUT2D eigenvalue weighted by atomic mass is 16.7. The zero-order chi connectivity index (χ0) is 11.8. The lowest BCUT2D eigenvalue weighted by molar-refractivity contribution is -0.163. The summed E-state index contributed by atoms with van der Waals surface area (Å²) in [7, 11) is 1.33. The molecule has 0 fully saturated rings. The summed E-state index contributed by atoms with van der Waals surface area (Å²) in [6.45, 7) is 2.16. The van der Waals surface area contributed by atoms with Crippen molar-refractivity contribution in [3.05, 3.63) is 35.9 Å². The molecule has 0 unspecified atom stereocenters. The Labute approximate surface area is 95.1 Å². The highest BCUT2D eigenvalue weighted by Gasteiger charge is 2.12. The minimum atomic E-state index is -0.597. The Morgan fingerprint density at radius 2 is 2.00 bits per heavy atom. The first-order chi connectivity index (χ1) is 7.74. The third-order valence-corrected chi connectivity index (χ3v) is 2.05. The molecule has 16 heavy (non-hydrogen) atoms. The molecule has 0 N–H and O–H groups in total. The van der Waals surface area contributed by atoms with E-state index in [1.54, 1.807) is 6.92 Å². The van der Waals surface area contributed by atoms with Crippen LogP contribution in [0, 0.1) is 0 Å². The van der Waals surface area contributed by atoms with Crippen molar-refractivity contribution >= 4 is 5.97 Å². The number of hydrogen-bond donors (Lipinski definition) is 0. The molecule has 0 saturated carbocycles. The van der Waals surface area contributed by atoms with Crippen LogP contribution in [0.15, 0.2) is 30.3 Å². The molecule has 0 aliphatic heterocycles.